The molecule has 1 aromatic carbocycles. The van der Waals surface area contributed by atoms with Crippen LogP contribution in [0.5, 0.6) is 0 Å². The molecule has 1 aromatic rings. The van der Waals surface area contributed by atoms with Gasteiger partial charge in [-0.2, -0.15) is 0 Å². The zero-order valence-electron chi connectivity index (χ0n) is 10.4. The molecule has 1 amide bonds. The largest absolute Gasteiger partial charge is 0.349 e. The molecule has 2 N–H and O–H groups in total. The molecule has 5 nitrogen and oxygen atoms in total. The summed E-state index contributed by atoms with van der Waals surface area (Å²) in [7, 11) is -3.52. The Kier molecular flexibility index (Phi) is 4.01. The van der Waals surface area contributed by atoms with E-state index in [1.807, 2.05) is 0 Å². The van der Waals surface area contributed by atoms with Crippen molar-refractivity contribution in [2.45, 2.75) is 23.8 Å². The quantitative estimate of drug-likeness (QED) is 0.765. The first kappa shape index (κ1) is 13.8. The Morgan fingerprint density at radius 2 is 2.16 bits per heavy atom. The Balaban J connectivity index is 2.18. The number of hydrogen-bond donors (Lipinski definition) is 2. The number of sulfonamides is 1. The van der Waals surface area contributed by atoms with Gasteiger partial charge >= 0.3 is 0 Å². The maximum absolute atomic E-state index is 12.0. The predicted molar refractivity (Wildman–Crippen MR) is 72.3 cm³/mol. The number of carbonyl (C=O) groups excluding carboxylic acids is 1. The predicted octanol–water partition coefficient (Wildman–Crippen LogP) is 1.04. The second-order valence-electron chi connectivity index (χ2n) is 4.42. The molecule has 0 bridgehead atoms. The first-order valence-electron chi connectivity index (χ1n) is 6.04. The minimum Gasteiger partial charge on any atom is -0.349 e. The van der Waals surface area contributed by atoms with Crippen molar-refractivity contribution >= 4 is 15.9 Å². The van der Waals surface area contributed by atoms with E-state index in [9.17, 15) is 13.2 Å². The van der Waals surface area contributed by atoms with Gasteiger partial charge in [0.2, 0.25) is 10.0 Å². The normalized spacial score (nSPS) is 14.9. The van der Waals surface area contributed by atoms with Crippen LogP contribution in [0.25, 0.3) is 0 Å². The molecule has 6 heteroatoms. The van der Waals surface area contributed by atoms with Gasteiger partial charge < -0.3 is 5.32 Å². The van der Waals surface area contributed by atoms with Gasteiger partial charge in [0.05, 0.1) is 4.90 Å². The lowest BCUT2D eigenvalue weighted by atomic mass is 10.2. The molecule has 19 heavy (non-hydrogen) atoms. The average Bonchev–Trinajstić information content (AvgIpc) is 3.19. The van der Waals surface area contributed by atoms with E-state index in [0.29, 0.717) is 12.1 Å². The zero-order valence-corrected chi connectivity index (χ0v) is 11.2. The highest BCUT2D eigenvalue weighted by Crippen LogP contribution is 2.22. The first-order valence-corrected chi connectivity index (χ1v) is 7.53. The average molecular weight is 280 g/mol. The Morgan fingerprint density at radius 3 is 2.79 bits per heavy atom. The van der Waals surface area contributed by atoms with Gasteiger partial charge in [0, 0.05) is 18.2 Å². The first-order chi connectivity index (χ1) is 9.03. The van der Waals surface area contributed by atoms with Crippen LogP contribution in [0.1, 0.15) is 23.2 Å². The second kappa shape index (κ2) is 5.54. The van der Waals surface area contributed by atoms with Crippen LogP contribution < -0.4 is 10.0 Å². The van der Waals surface area contributed by atoms with Crippen LogP contribution in [0.3, 0.4) is 0 Å². The van der Waals surface area contributed by atoms with Gasteiger partial charge in [-0.1, -0.05) is 12.1 Å². The van der Waals surface area contributed by atoms with Gasteiger partial charge in [-0.05, 0) is 31.0 Å². The summed E-state index contributed by atoms with van der Waals surface area (Å²) < 4.78 is 26.6. The van der Waals surface area contributed by atoms with E-state index in [2.05, 4.69) is 16.6 Å². The van der Waals surface area contributed by atoms with E-state index in [1.54, 1.807) is 18.2 Å². The van der Waals surface area contributed by atoms with Gasteiger partial charge in [0.1, 0.15) is 0 Å². The molecular weight excluding hydrogens is 264 g/mol. The zero-order chi connectivity index (χ0) is 13.9. The van der Waals surface area contributed by atoms with Crippen molar-refractivity contribution in [1.29, 1.82) is 0 Å². The fourth-order valence-corrected chi connectivity index (χ4v) is 2.91. The van der Waals surface area contributed by atoms with Crippen molar-refractivity contribution in [2.75, 3.05) is 6.54 Å². The maximum Gasteiger partial charge on any atom is 0.251 e. The number of carbonyl (C=O) groups is 1. The number of hydrogen-bond acceptors (Lipinski definition) is 3. The molecule has 0 atom stereocenters. The highest BCUT2D eigenvalue weighted by molar-refractivity contribution is 7.89. The van der Waals surface area contributed by atoms with Crippen molar-refractivity contribution in [3.05, 3.63) is 42.5 Å². The van der Waals surface area contributed by atoms with Crippen LogP contribution in [0.15, 0.2) is 41.8 Å². The Hall–Kier alpha value is -1.66. The molecule has 0 aromatic heterocycles. The van der Waals surface area contributed by atoms with Crippen molar-refractivity contribution in [2.24, 2.45) is 0 Å². The van der Waals surface area contributed by atoms with Crippen molar-refractivity contribution in [3.8, 4) is 0 Å². The van der Waals surface area contributed by atoms with Crippen molar-refractivity contribution in [3.63, 3.8) is 0 Å². The summed E-state index contributed by atoms with van der Waals surface area (Å²) in [5, 5.41) is 2.61. The summed E-state index contributed by atoms with van der Waals surface area (Å²) in [5.74, 6) is -0.316. The second-order valence-corrected chi connectivity index (χ2v) is 6.14. The monoisotopic (exact) mass is 280 g/mol. The van der Waals surface area contributed by atoms with Gasteiger partial charge in [-0.15, -0.1) is 6.58 Å². The molecule has 0 heterocycles. The van der Waals surface area contributed by atoms with E-state index < -0.39 is 10.0 Å². The number of benzene rings is 1. The smallest absolute Gasteiger partial charge is 0.251 e. The summed E-state index contributed by atoms with van der Waals surface area (Å²) in [4.78, 5) is 11.9. The molecule has 0 saturated heterocycles. The highest BCUT2D eigenvalue weighted by Gasteiger charge is 2.28. The third-order valence-electron chi connectivity index (χ3n) is 2.71. The summed E-state index contributed by atoms with van der Waals surface area (Å²) >= 11 is 0. The number of nitrogens with one attached hydrogen (secondary N) is 2. The third kappa shape index (κ3) is 3.65. The molecule has 1 aliphatic rings. The van der Waals surface area contributed by atoms with Crippen molar-refractivity contribution < 1.29 is 13.2 Å². The number of amides is 1. The Morgan fingerprint density at radius 1 is 1.42 bits per heavy atom. The minimum absolute atomic E-state index is 0.0447. The summed E-state index contributed by atoms with van der Waals surface area (Å²) in [6, 6.07) is 6.04. The molecule has 1 aliphatic carbocycles. The Bertz CT molecular complexity index is 592. The van der Waals surface area contributed by atoms with Gasteiger partial charge in [0.15, 0.2) is 0 Å². The molecule has 0 radical (unpaired) electrons. The van der Waals surface area contributed by atoms with Crippen LogP contribution >= 0.6 is 0 Å². The molecule has 1 saturated carbocycles. The molecule has 2 rings (SSSR count). The Labute approximate surface area is 112 Å². The van der Waals surface area contributed by atoms with Crippen LogP contribution in [0.2, 0.25) is 0 Å². The topological polar surface area (TPSA) is 75.3 Å². The summed E-state index contributed by atoms with van der Waals surface area (Å²) in [6.07, 6.45) is 3.31. The van der Waals surface area contributed by atoms with E-state index in [-0.39, 0.29) is 16.8 Å². The van der Waals surface area contributed by atoms with E-state index in [0.717, 1.165) is 12.8 Å². The molecule has 0 spiro atoms. The lowest BCUT2D eigenvalue weighted by Gasteiger charge is -2.07. The molecular formula is C13H16N2O3S. The highest BCUT2D eigenvalue weighted by atomic mass is 32.2. The number of rotatable bonds is 6. The standard InChI is InChI=1S/C13H16N2O3S/c1-2-8-14-13(16)10-4-3-5-12(9-10)19(17,18)15-11-6-7-11/h2-5,9,11,15H,1,6-8H2,(H,14,16). The molecule has 0 aliphatic heterocycles. The summed E-state index contributed by atoms with van der Waals surface area (Å²) in [5.41, 5.74) is 0.320. The van der Waals surface area contributed by atoms with Gasteiger partial charge in [-0.25, -0.2) is 13.1 Å². The van der Waals surface area contributed by atoms with Crippen LogP contribution in [-0.2, 0) is 10.0 Å². The minimum atomic E-state index is -3.52. The maximum atomic E-state index is 12.0. The van der Waals surface area contributed by atoms with Crippen LogP contribution in [0.4, 0.5) is 0 Å². The van der Waals surface area contributed by atoms with Crippen LogP contribution in [-0.4, -0.2) is 26.9 Å². The summed E-state index contributed by atoms with van der Waals surface area (Å²) in [6.45, 7) is 3.85. The SMILES string of the molecule is C=CCNC(=O)c1cccc(S(=O)(=O)NC2CC2)c1. The fraction of sp³-hybridized carbons (Fsp3) is 0.308. The van der Waals surface area contributed by atoms with E-state index >= 15 is 0 Å². The van der Waals surface area contributed by atoms with E-state index in [1.165, 1.54) is 12.1 Å². The molecule has 102 valence electrons. The molecule has 0 unspecified atom stereocenters. The lowest BCUT2D eigenvalue weighted by molar-refractivity contribution is 0.0958. The third-order valence-corrected chi connectivity index (χ3v) is 4.23. The van der Waals surface area contributed by atoms with Crippen molar-refractivity contribution in [1.82, 2.24) is 10.0 Å². The van der Waals surface area contributed by atoms with Crippen LogP contribution in [0, 0.1) is 0 Å². The lowest BCUT2D eigenvalue weighted by Crippen LogP contribution is -2.27. The fourth-order valence-electron chi connectivity index (χ4n) is 1.56. The van der Waals surface area contributed by atoms with Gasteiger partial charge in [0.25, 0.3) is 5.91 Å². The van der Waals surface area contributed by atoms with E-state index in [4.69, 9.17) is 0 Å². The van der Waals surface area contributed by atoms with Gasteiger partial charge in [-0.3, -0.25) is 4.79 Å². The molecule has 1 fully saturated rings.